The number of ether oxygens (including phenoxy) is 1. The van der Waals surface area contributed by atoms with Crippen LogP contribution in [0.2, 0.25) is 0 Å². The Kier molecular flexibility index (Phi) is 4.85. The number of sulfonamides is 1. The van der Waals surface area contributed by atoms with E-state index in [0.717, 1.165) is 4.57 Å². The molecule has 0 saturated carbocycles. The molecule has 9 nitrogen and oxygen atoms in total. The summed E-state index contributed by atoms with van der Waals surface area (Å²) in [4.78, 5) is 24.8. The van der Waals surface area contributed by atoms with Gasteiger partial charge in [-0.3, -0.25) is 0 Å². The number of hydrogen-bond acceptors (Lipinski definition) is 7. The summed E-state index contributed by atoms with van der Waals surface area (Å²) in [6, 6.07) is -1.25. The Balaban J connectivity index is 2.36. The molecule has 0 unspecified atom stereocenters. The van der Waals surface area contributed by atoms with Crippen LogP contribution in [-0.4, -0.2) is 34.9 Å². The molecule has 24 heavy (non-hydrogen) atoms. The van der Waals surface area contributed by atoms with Gasteiger partial charge in [-0.1, -0.05) is 0 Å². The molecule has 0 aliphatic heterocycles. The summed E-state index contributed by atoms with van der Waals surface area (Å²) in [7, 11) is -2.73. The molecule has 2 aromatic rings. The Morgan fingerprint density at radius 2 is 2.00 bits per heavy atom. The number of hydrogen-bond donors (Lipinski definition) is 1. The molecule has 1 amide bonds. The van der Waals surface area contributed by atoms with Crippen LogP contribution in [0.3, 0.4) is 0 Å². The highest BCUT2D eigenvalue weighted by molar-refractivity contribution is 7.90. The average molecular weight is 374 g/mol. The second-order valence-corrected chi connectivity index (χ2v) is 8.12. The van der Waals surface area contributed by atoms with Gasteiger partial charge in [0, 0.05) is 11.9 Å². The van der Waals surface area contributed by atoms with E-state index in [0.29, 0.717) is 15.1 Å². The highest BCUT2D eigenvalue weighted by Crippen LogP contribution is 2.25. The van der Waals surface area contributed by atoms with Crippen molar-refractivity contribution in [2.24, 2.45) is 7.05 Å². The van der Waals surface area contributed by atoms with Gasteiger partial charge < -0.3 is 4.74 Å². The van der Waals surface area contributed by atoms with Gasteiger partial charge in [-0.05, 0) is 38.6 Å². The van der Waals surface area contributed by atoms with Crippen molar-refractivity contribution in [2.75, 3.05) is 0 Å². The van der Waals surface area contributed by atoms with Crippen LogP contribution in [0.25, 0.3) is 0 Å². The van der Waals surface area contributed by atoms with Gasteiger partial charge in [-0.25, -0.2) is 27.3 Å². The number of rotatable bonds is 4. The maximum atomic E-state index is 12.4. The Bertz CT molecular complexity index is 917. The normalized spacial score (nSPS) is 11.8. The van der Waals surface area contributed by atoms with Crippen LogP contribution in [0, 0.1) is 13.8 Å². The molecule has 0 spiro atoms. The summed E-state index contributed by atoms with van der Waals surface area (Å²) in [5.74, 6) is 0. The number of aryl methyl sites for hydroxylation is 2. The van der Waals surface area contributed by atoms with E-state index in [9.17, 15) is 18.0 Å². The van der Waals surface area contributed by atoms with Crippen LogP contribution in [-0.2, 0) is 17.1 Å². The number of thiophene rings is 1. The first-order chi connectivity index (χ1) is 11.0. The van der Waals surface area contributed by atoms with Crippen molar-refractivity contribution in [3.8, 4) is 6.01 Å². The van der Waals surface area contributed by atoms with Gasteiger partial charge in [-0.15, -0.1) is 21.1 Å². The van der Waals surface area contributed by atoms with Crippen molar-refractivity contribution in [3.63, 3.8) is 0 Å². The van der Waals surface area contributed by atoms with Crippen LogP contribution >= 0.6 is 11.3 Å². The van der Waals surface area contributed by atoms with Gasteiger partial charge in [0.05, 0.1) is 6.10 Å². The second kappa shape index (κ2) is 6.40. The van der Waals surface area contributed by atoms with Gasteiger partial charge in [0.1, 0.15) is 4.90 Å². The zero-order chi connectivity index (χ0) is 18.2. The molecule has 0 bridgehead atoms. The lowest BCUT2D eigenvalue weighted by Gasteiger charge is -2.07. The molecule has 0 aliphatic rings. The fraction of sp³-hybridized carbons (Fsp3) is 0.462. The molecule has 0 aromatic carbocycles. The number of carbonyl (C=O) groups is 1. The third-order valence-corrected chi connectivity index (χ3v) is 5.82. The smallest absolute Gasteiger partial charge is 0.360 e. The zero-order valence-electron chi connectivity index (χ0n) is 13.9. The molecule has 1 N–H and O–H groups in total. The lowest BCUT2D eigenvalue weighted by molar-refractivity contribution is 0.211. The highest BCUT2D eigenvalue weighted by Gasteiger charge is 2.26. The number of carbonyl (C=O) groups excluding carboxylic acids is 1. The van der Waals surface area contributed by atoms with Gasteiger partial charge in [-0.2, -0.15) is 0 Å². The molecule has 0 radical (unpaired) electrons. The molecule has 11 heteroatoms. The van der Waals surface area contributed by atoms with Crippen molar-refractivity contribution < 1.29 is 17.9 Å². The van der Waals surface area contributed by atoms with Gasteiger partial charge in [0.25, 0.3) is 10.0 Å². The van der Waals surface area contributed by atoms with Crippen LogP contribution < -0.4 is 15.1 Å². The Morgan fingerprint density at radius 1 is 1.38 bits per heavy atom. The molecule has 132 valence electrons. The standard InChI is InChI=1S/C13H18N4O5S2/c1-7(2)22-12-14-17(13(19)16(12)5)11(18)15-24(20,21)10-8(3)6-23-9(10)4/h6-7H,1-5H3,(H,15,18). The predicted molar refractivity (Wildman–Crippen MR) is 88.1 cm³/mol. The molecule has 0 fully saturated rings. The minimum absolute atomic E-state index is 0.0310. The van der Waals surface area contributed by atoms with Crippen molar-refractivity contribution in [1.82, 2.24) is 19.1 Å². The Morgan fingerprint density at radius 3 is 2.50 bits per heavy atom. The fourth-order valence-electron chi connectivity index (χ4n) is 2.04. The maximum Gasteiger partial charge on any atom is 0.360 e. The van der Waals surface area contributed by atoms with Gasteiger partial charge >= 0.3 is 17.7 Å². The van der Waals surface area contributed by atoms with E-state index in [1.807, 2.05) is 4.72 Å². The Hall–Kier alpha value is -2.14. The van der Waals surface area contributed by atoms with Crippen molar-refractivity contribution in [1.29, 1.82) is 0 Å². The monoisotopic (exact) mass is 374 g/mol. The van der Waals surface area contributed by atoms with Gasteiger partial charge in [0.15, 0.2) is 0 Å². The second-order valence-electron chi connectivity index (χ2n) is 5.42. The molecule has 0 saturated heterocycles. The summed E-state index contributed by atoms with van der Waals surface area (Å²) < 4.78 is 33.4. The van der Waals surface area contributed by atoms with Crippen molar-refractivity contribution in [2.45, 2.75) is 38.7 Å². The van der Waals surface area contributed by atoms with Crippen LogP contribution in [0.1, 0.15) is 24.3 Å². The molecular weight excluding hydrogens is 356 g/mol. The number of nitrogens with zero attached hydrogens (tertiary/aromatic N) is 3. The lowest BCUT2D eigenvalue weighted by atomic mass is 10.3. The summed E-state index contributed by atoms with van der Waals surface area (Å²) in [6.07, 6.45) is -0.262. The molecule has 2 rings (SSSR count). The minimum Gasteiger partial charge on any atom is -0.461 e. The molecule has 0 atom stereocenters. The first kappa shape index (κ1) is 18.2. The van der Waals surface area contributed by atoms with E-state index in [4.69, 9.17) is 4.74 Å². The van der Waals surface area contributed by atoms with E-state index in [1.165, 1.54) is 18.4 Å². The quantitative estimate of drug-likeness (QED) is 0.854. The maximum absolute atomic E-state index is 12.4. The predicted octanol–water partition coefficient (Wildman–Crippen LogP) is 0.994. The van der Waals surface area contributed by atoms with E-state index < -0.39 is 21.7 Å². The third-order valence-electron chi connectivity index (χ3n) is 3.05. The fourth-order valence-corrected chi connectivity index (χ4v) is 4.60. The third kappa shape index (κ3) is 3.36. The molecule has 0 aliphatic carbocycles. The number of nitrogens with one attached hydrogen (secondary N) is 1. The van der Waals surface area contributed by atoms with Crippen LogP contribution in [0.4, 0.5) is 4.79 Å². The van der Waals surface area contributed by atoms with Crippen LogP contribution in [0.5, 0.6) is 6.01 Å². The van der Waals surface area contributed by atoms with E-state index in [-0.39, 0.29) is 17.0 Å². The average Bonchev–Trinajstić information content (AvgIpc) is 2.92. The summed E-state index contributed by atoms with van der Waals surface area (Å²) in [6.45, 7) is 6.73. The summed E-state index contributed by atoms with van der Waals surface area (Å²) in [5.41, 5.74) is -0.285. The largest absolute Gasteiger partial charge is 0.461 e. The van der Waals surface area contributed by atoms with Crippen molar-refractivity contribution >= 4 is 27.4 Å². The summed E-state index contributed by atoms with van der Waals surface area (Å²) in [5, 5.41) is 5.41. The van der Waals surface area contributed by atoms with E-state index in [2.05, 4.69) is 5.10 Å². The van der Waals surface area contributed by atoms with Crippen LogP contribution in [0.15, 0.2) is 15.1 Å². The van der Waals surface area contributed by atoms with Crippen molar-refractivity contribution in [3.05, 3.63) is 26.3 Å². The van der Waals surface area contributed by atoms with Gasteiger partial charge in [0.2, 0.25) is 0 Å². The lowest BCUT2D eigenvalue weighted by Crippen LogP contribution is -2.40. The SMILES string of the molecule is Cc1csc(C)c1S(=O)(=O)NC(=O)n1nc(OC(C)C)n(C)c1=O. The van der Waals surface area contributed by atoms with E-state index in [1.54, 1.807) is 33.1 Å². The number of amides is 1. The zero-order valence-corrected chi connectivity index (χ0v) is 15.5. The molecule has 2 heterocycles. The first-order valence-electron chi connectivity index (χ1n) is 6.99. The number of aromatic nitrogens is 3. The minimum atomic E-state index is -4.11. The molecule has 2 aromatic heterocycles. The molecular formula is C13H18N4O5S2. The highest BCUT2D eigenvalue weighted by atomic mass is 32.2. The Labute approximate surface area is 142 Å². The summed E-state index contributed by atoms with van der Waals surface area (Å²) >= 11 is 1.26. The first-order valence-corrected chi connectivity index (χ1v) is 9.35. The topological polar surface area (TPSA) is 112 Å². The van der Waals surface area contributed by atoms with E-state index >= 15 is 0 Å².